The Bertz CT molecular complexity index is 1500. The molecule has 1 atom stereocenters. The number of piperidine rings is 1. The average Bonchev–Trinajstić information content (AvgIpc) is 3.05. The van der Waals surface area contributed by atoms with Crippen LogP contribution in [0.3, 0.4) is 0 Å². The zero-order valence-electron chi connectivity index (χ0n) is 23.6. The van der Waals surface area contributed by atoms with E-state index in [-0.39, 0.29) is 11.8 Å². The van der Waals surface area contributed by atoms with Crippen LogP contribution in [0.5, 0.6) is 0 Å². The molecular formula is C35H34N2O5. The number of carbonyl (C=O) groups is 3. The number of hydrogen-bond acceptors (Lipinski definition) is 6. The summed E-state index contributed by atoms with van der Waals surface area (Å²) in [6.45, 7) is 1.15. The lowest BCUT2D eigenvalue weighted by Crippen LogP contribution is -2.38. The molecule has 0 saturated carbocycles. The van der Waals surface area contributed by atoms with Gasteiger partial charge in [-0.25, -0.2) is 4.79 Å². The van der Waals surface area contributed by atoms with Crippen LogP contribution in [0.15, 0.2) is 109 Å². The molecule has 5 rings (SSSR count). The minimum absolute atomic E-state index is 0.0806. The second-order valence-corrected chi connectivity index (χ2v) is 10.3. The molecule has 1 aliphatic heterocycles. The maximum absolute atomic E-state index is 13.2. The fourth-order valence-electron chi connectivity index (χ4n) is 5.54. The van der Waals surface area contributed by atoms with Gasteiger partial charge >= 0.3 is 11.9 Å². The average molecular weight is 563 g/mol. The van der Waals surface area contributed by atoms with E-state index in [1.807, 2.05) is 109 Å². The van der Waals surface area contributed by atoms with Gasteiger partial charge in [0.15, 0.2) is 6.61 Å². The van der Waals surface area contributed by atoms with E-state index in [9.17, 15) is 14.4 Å². The maximum atomic E-state index is 13.2. The van der Waals surface area contributed by atoms with Crippen molar-refractivity contribution in [3.8, 4) is 11.1 Å². The number of rotatable bonds is 9. The molecule has 7 nitrogen and oxygen atoms in total. The van der Waals surface area contributed by atoms with Gasteiger partial charge in [0.1, 0.15) is 0 Å². The predicted octanol–water partition coefficient (Wildman–Crippen LogP) is 6.32. The number of nitrogens with one attached hydrogen (secondary N) is 1. The van der Waals surface area contributed by atoms with E-state index in [1.165, 1.54) is 7.11 Å². The number of ether oxygens (including phenoxy) is 2. The predicted molar refractivity (Wildman–Crippen MR) is 163 cm³/mol. The van der Waals surface area contributed by atoms with Gasteiger partial charge in [0.25, 0.3) is 5.91 Å². The molecule has 1 fully saturated rings. The largest absolute Gasteiger partial charge is 0.466 e. The van der Waals surface area contributed by atoms with E-state index >= 15 is 0 Å². The van der Waals surface area contributed by atoms with Gasteiger partial charge in [0.05, 0.1) is 13.0 Å². The van der Waals surface area contributed by atoms with Crippen LogP contribution in [0, 0.1) is 5.92 Å². The molecule has 0 aromatic heterocycles. The van der Waals surface area contributed by atoms with Crippen LogP contribution in [-0.4, -0.2) is 44.7 Å². The molecule has 4 aromatic rings. The summed E-state index contributed by atoms with van der Waals surface area (Å²) < 4.78 is 9.95. The van der Waals surface area contributed by atoms with E-state index < -0.39 is 24.5 Å². The van der Waals surface area contributed by atoms with Crippen LogP contribution in [0.25, 0.3) is 11.1 Å². The van der Waals surface area contributed by atoms with Crippen molar-refractivity contribution in [2.24, 2.45) is 5.92 Å². The van der Waals surface area contributed by atoms with Crippen LogP contribution in [0.2, 0.25) is 0 Å². The molecule has 1 aliphatic rings. The fourth-order valence-corrected chi connectivity index (χ4v) is 5.54. The van der Waals surface area contributed by atoms with E-state index in [4.69, 9.17) is 4.74 Å². The minimum Gasteiger partial charge on any atom is -0.466 e. The van der Waals surface area contributed by atoms with Crippen LogP contribution in [-0.2, 0) is 19.1 Å². The molecule has 1 heterocycles. The van der Waals surface area contributed by atoms with Gasteiger partial charge in [0, 0.05) is 30.0 Å². The second-order valence-electron chi connectivity index (χ2n) is 10.3. The monoisotopic (exact) mass is 562 g/mol. The van der Waals surface area contributed by atoms with Gasteiger partial charge in [-0.05, 0) is 65.8 Å². The summed E-state index contributed by atoms with van der Waals surface area (Å²) in [5.41, 5.74) is 5.17. The summed E-state index contributed by atoms with van der Waals surface area (Å²) in [7, 11) is 1.27. The first-order valence-electron chi connectivity index (χ1n) is 14.1. The summed E-state index contributed by atoms with van der Waals surface area (Å²) in [6, 6.07) is 34.9. The first-order valence-corrected chi connectivity index (χ1v) is 14.1. The zero-order valence-corrected chi connectivity index (χ0v) is 23.6. The van der Waals surface area contributed by atoms with Crippen molar-refractivity contribution < 1.29 is 23.9 Å². The first kappa shape index (κ1) is 28.6. The number of benzene rings is 4. The molecule has 0 radical (unpaired) electrons. The third kappa shape index (κ3) is 6.86. The van der Waals surface area contributed by atoms with Crippen molar-refractivity contribution in [1.29, 1.82) is 0 Å². The van der Waals surface area contributed by atoms with Crippen LogP contribution in [0.4, 0.5) is 11.4 Å². The highest BCUT2D eigenvalue weighted by atomic mass is 16.6. The molecule has 214 valence electrons. The van der Waals surface area contributed by atoms with Crippen molar-refractivity contribution >= 4 is 29.2 Å². The third-order valence-electron chi connectivity index (χ3n) is 7.73. The molecule has 1 unspecified atom stereocenters. The number of methoxy groups -OCH3 is 1. The lowest BCUT2D eigenvalue weighted by Gasteiger charge is -2.36. The molecule has 42 heavy (non-hydrogen) atoms. The second kappa shape index (κ2) is 13.6. The summed E-state index contributed by atoms with van der Waals surface area (Å²) in [4.78, 5) is 40.1. The van der Waals surface area contributed by atoms with Gasteiger partial charge in [-0.2, -0.15) is 0 Å². The number of carbonyl (C=O) groups excluding carboxylic acids is 3. The van der Waals surface area contributed by atoms with Crippen LogP contribution in [0.1, 0.15) is 34.7 Å². The van der Waals surface area contributed by atoms with Gasteiger partial charge in [-0.3, -0.25) is 9.59 Å². The lowest BCUT2D eigenvalue weighted by molar-refractivity contribution is -0.159. The Hall–Kier alpha value is -4.91. The zero-order chi connectivity index (χ0) is 29.3. The Balaban J connectivity index is 1.22. The van der Waals surface area contributed by atoms with E-state index in [0.717, 1.165) is 54.0 Å². The molecule has 0 spiro atoms. The van der Waals surface area contributed by atoms with E-state index in [1.54, 1.807) is 0 Å². The first-order chi connectivity index (χ1) is 20.5. The summed E-state index contributed by atoms with van der Waals surface area (Å²) in [5, 5.41) is 3.03. The number of esters is 2. The molecule has 7 heteroatoms. The Morgan fingerprint density at radius 1 is 0.810 bits per heavy atom. The van der Waals surface area contributed by atoms with Crippen molar-refractivity contribution in [3.05, 3.63) is 120 Å². The molecule has 1 amide bonds. The lowest BCUT2D eigenvalue weighted by atomic mass is 9.80. The summed E-state index contributed by atoms with van der Waals surface area (Å²) in [5.74, 6) is -1.51. The van der Waals surface area contributed by atoms with Crippen LogP contribution >= 0.6 is 0 Å². The normalized spacial score (nSPS) is 14.1. The third-order valence-corrected chi connectivity index (χ3v) is 7.73. The van der Waals surface area contributed by atoms with Crippen LogP contribution < -0.4 is 10.2 Å². The molecule has 0 aliphatic carbocycles. The number of anilines is 2. The number of amides is 1. The highest BCUT2D eigenvalue weighted by Crippen LogP contribution is 2.35. The van der Waals surface area contributed by atoms with Crippen molar-refractivity contribution in [2.75, 3.05) is 37.0 Å². The molecule has 4 aromatic carbocycles. The Kier molecular flexibility index (Phi) is 9.29. The summed E-state index contributed by atoms with van der Waals surface area (Å²) >= 11 is 0. The molecule has 1 saturated heterocycles. The molecular weight excluding hydrogens is 528 g/mol. The van der Waals surface area contributed by atoms with E-state index in [0.29, 0.717) is 5.56 Å². The van der Waals surface area contributed by atoms with Gasteiger partial charge < -0.3 is 19.7 Å². The van der Waals surface area contributed by atoms with Crippen molar-refractivity contribution in [1.82, 2.24) is 0 Å². The quantitative estimate of drug-likeness (QED) is 0.240. The SMILES string of the molecule is COC(=O)COC(=O)C(c1ccccc1)C1CCN(c2ccc(NC(=O)c3ccccc3-c3ccccc3)cc2)CC1. The minimum atomic E-state index is -0.579. The highest BCUT2D eigenvalue weighted by Gasteiger charge is 2.34. The smallest absolute Gasteiger partial charge is 0.344 e. The number of hydrogen-bond donors (Lipinski definition) is 1. The Labute approximate surface area is 246 Å². The Morgan fingerprint density at radius 3 is 2.10 bits per heavy atom. The highest BCUT2D eigenvalue weighted by molar-refractivity contribution is 6.08. The van der Waals surface area contributed by atoms with Gasteiger partial charge in [0.2, 0.25) is 0 Å². The molecule has 0 bridgehead atoms. The fraction of sp³-hybridized carbons (Fsp3) is 0.229. The van der Waals surface area contributed by atoms with E-state index in [2.05, 4.69) is 15.0 Å². The maximum Gasteiger partial charge on any atom is 0.344 e. The number of nitrogens with zero attached hydrogens (tertiary/aromatic N) is 1. The summed E-state index contributed by atoms with van der Waals surface area (Å²) in [6.07, 6.45) is 1.59. The van der Waals surface area contributed by atoms with Gasteiger partial charge in [-0.15, -0.1) is 0 Å². The van der Waals surface area contributed by atoms with Crippen molar-refractivity contribution in [3.63, 3.8) is 0 Å². The topological polar surface area (TPSA) is 84.9 Å². The van der Waals surface area contributed by atoms with Gasteiger partial charge in [-0.1, -0.05) is 78.9 Å². The standard InChI is InChI=1S/C35H34N2O5/c1-41-32(38)24-42-35(40)33(26-12-6-3-7-13-26)27-20-22-37(23-21-27)29-18-16-28(17-19-29)36-34(39)31-15-9-8-14-30(31)25-10-4-2-5-11-25/h2-19,27,33H,20-24H2,1H3,(H,36,39). The Morgan fingerprint density at radius 2 is 1.43 bits per heavy atom. The van der Waals surface area contributed by atoms with Crippen molar-refractivity contribution in [2.45, 2.75) is 18.8 Å². The molecule has 1 N–H and O–H groups in total.